The molecule has 2 aromatic carbocycles. The van der Waals surface area contributed by atoms with Gasteiger partial charge in [-0.2, -0.15) is 0 Å². The Morgan fingerprint density at radius 1 is 1.02 bits per heavy atom. The van der Waals surface area contributed by atoms with Crippen molar-refractivity contribution in [3.8, 4) is 28.7 Å². The normalized spacial score (nSPS) is 14.6. The fraction of sp³-hybridized carbons (Fsp3) is 0.269. The van der Waals surface area contributed by atoms with Crippen LogP contribution in [0, 0.1) is 6.92 Å². The third-order valence-electron chi connectivity index (χ3n) is 5.81. The molecule has 3 aromatic rings. The number of nitrogens with zero attached hydrogens (tertiary/aromatic N) is 1. The van der Waals surface area contributed by atoms with Crippen molar-refractivity contribution in [1.82, 2.24) is 4.98 Å². The Labute approximate surface area is 224 Å². The molecule has 0 unspecified atom stereocenters. The number of ether oxygens (including phenoxy) is 4. The van der Waals surface area contributed by atoms with Crippen molar-refractivity contribution in [2.75, 3.05) is 12.4 Å². The molecule has 212 valence electrons. The third kappa shape index (κ3) is 6.68. The van der Waals surface area contributed by atoms with Crippen molar-refractivity contribution >= 4 is 17.5 Å². The minimum Gasteiger partial charge on any atom is -0.493 e. The fourth-order valence-corrected chi connectivity index (χ4v) is 3.92. The predicted molar refractivity (Wildman–Crippen MR) is 130 cm³/mol. The number of hydrogen-bond donors (Lipinski definition) is 2. The second-order valence-electron chi connectivity index (χ2n) is 8.78. The van der Waals surface area contributed by atoms with Crippen molar-refractivity contribution in [3.05, 3.63) is 65.5 Å². The van der Waals surface area contributed by atoms with E-state index in [2.05, 4.69) is 15.0 Å². The minimum atomic E-state index is -4.93. The zero-order valence-electron chi connectivity index (χ0n) is 21.0. The van der Waals surface area contributed by atoms with Gasteiger partial charge in [0.1, 0.15) is 29.0 Å². The molecule has 3 N–H and O–H groups in total. The van der Waals surface area contributed by atoms with E-state index < -0.39 is 48.8 Å². The number of aromatic nitrogens is 1. The maximum absolute atomic E-state index is 13.4. The Morgan fingerprint density at radius 3 is 2.33 bits per heavy atom. The lowest BCUT2D eigenvalue weighted by Crippen LogP contribution is -2.43. The second kappa shape index (κ2) is 10.9. The van der Waals surface area contributed by atoms with Crippen LogP contribution in [0.25, 0.3) is 0 Å². The minimum absolute atomic E-state index is 0.0577. The van der Waals surface area contributed by atoms with Crippen molar-refractivity contribution in [3.63, 3.8) is 0 Å². The summed E-state index contributed by atoms with van der Waals surface area (Å²) in [6.07, 6.45) is -5.41. The zero-order valence-corrected chi connectivity index (χ0v) is 21.0. The van der Waals surface area contributed by atoms with E-state index in [9.17, 15) is 31.5 Å². The summed E-state index contributed by atoms with van der Waals surface area (Å²) < 4.78 is 85.2. The Kier molecular flexibility index (Phi) is 7.71. The van der Waals surface area contributed by atoms with Gasteiger partial charge in [-0.05, 0) is 43.3 Å². The monoisotopic (exact) mass is 567 g/mol. The van der Waals surface area contributed by atoms with Crippen LogP contribution in [0.3, 0.4) is 0 Å². The molecule has 1 heterocycles. The smallest absolute Gasteiger partial charge is 0.493 e. The Hall–Kier alpha value is -4.62. The zero-order chi connectivity index (χ0) is 29.2. The average molecular weight is 567 g/mol. The standard InChI is InChI=1S/C26H22F5N3O6/c1-13-18(38-16-11-25(27,28)12-16)5-6-20(22(13)24(36)34-14-7-8-33-17(9-14)23(32)35)39-19-4-3-15(10-21(19)37-2)40-26(29,30)31/h3-10,16H,11-12H2,1-2H3,(H2,32,35)(H,33,34,36). The highest BCUT2D eigenvalue weighted by atomic mass is 19.4. The van der Waals surface area contributed by atoms with Crippen molar-refractivity contribution in [2.24, 2.45) is 5.73 Å². The van der Waals surface area contributed by atoms with E-state index in [0.717, 1.165) is 18.2 Å². The number of halogens is 5. The number of benzene rings is 2. The molecule has 1 aromatic heterocycles. The van der Waals surface area contributed by atoms with Gasteiger partial charge in [0.05, 0.1) is 12.7 Å². The summed E-state index contributed by atoms with van der Waals surface area (Å²) in [7, 11) is 1.20. The van der Waals surface area contributed by atoms with Crippen LogP contribution < -0.4 is 30.0 Å². The first-order valence-electron chi connectivity index (χ1n) is 11.6. The summed E-state index contributed by atoms with van der Waals surface area (Å²) in [6.45, 7) is 1.51. The highest BCUT2D eigenvalue weighted by Crippen LogP contribution is 2.43. The molecule has 0 bridgehead atoms. The fourth-order valence-electron chi connectivity index (χ4n) is 3.92. The molecule has 9 nitrogen and oxygen atoms in total. The van der Waals surface area contributed by atoms with Gasteiger partial charge < -0.3 is 30.0 Å². The van der Waals surface area contributed by atoms with Crippen molar-refractivity contribution < 1.29 is 50.5 Å². The van der Waals surface area contributed by atoms with Crippen LogP contribution in [0.1, 0.15) is 39.3 Å². The number of alkyl halides is 5. The van der Waals surface area contributed by atoms with Gasteiger partial charge in [0.15, 0.2) is 11.5 Å². The molecular formula is C26H22F5N3O6. The van der Waals surface area contributed by atoms with Gasteiger partial charge in [-0.15, -0.1) is 13.2 Å². The quantitative estimate of drug-likeness (QED) is 0.322. The lowest BCUT2D eigenvalue weighted by molar-refractivity contribution is -0.274. The van der Waals surface area contributed by atoms with E-state index in [1.807, 2.05) is 0 Å². The number of carbonyl (C=O) groups is 2. The number of nitrogens with one attached hydrogen (secondary N) is 1. The van der Waals surface area contributed by atoms with E-state index in [4.69, 9.17) is 19.9 Å². The molecule has 2 amide bonds. The van der Waals surface area contributed by atoms with Crippen LogP contribution >= 0.6 is 0 Å². The topological polar surface area (TPSA) is 122 Å². The molecular weight excluding hydrogens is 545 g/mol. The molecule has 0 saturated heterocycles. The number of methoxy groups -OCH3 is 1. The van der Waals surface area contributed by atoms with Gasteiger partial charge in [-0.3, -0.25) is 14.6 Å². The van der Waals surface area contributed by atoms with E-state index in [1.54, 1.807) is 0 Å². The number of nitrogens with two attached hydrogens (primary N) is 1. The molecule has 40 heavy (non-hydrogen) atoms. The van der Waals surface area contributed by atoms with Crippen LogP contribution in [0.2, 0.25) is 0 Å². The summed E-state index contributed by atoms with van der Waals surface area (Å²) in [4.78, 5) is 28.7. The molecule has 0 radical (unpaired) electrons. The Balaban J connectivity index is 1.69. The molecule has 0 atom stereocenters. The van der Waals surface area contributed by atoms with Crippen molar-refractivity contribution in [2.45, 2.75) is 38.2 Å². The van der Waals surface area contributed by atoms with Gasteiger partial charge in [0.2, 0.25) is 0 Å². The SMILES string of the molecule is COc1cc(OC(F)(F)F)ccc1Oc1ccc(OC2CC(F)(F)C2)c(C)c1C(=O)Nc1ccnc(C(N)=O)c1. The van der Waals surface area contributed by atoms with Gasteiger partial charge in [-0.25, -0.2) is 8.78 Å². The maximum atomic E-state index is 13.4. The molecule has 14 heteroatoms. The summed E-state index contributed by atoms with van der Waals surface area (Å²) in [6, 6.07) is 8.51. The predicted octanol–water partition coefficient (Wildman–Crippen LogP) is 5.62. The van der Waals surface area contributed by atoms with Gasteiger partial charge >= 0.3 is 6.36 Å². The number of anilines is 1. The first-order valence-corrected chi connectivity index (χ1v) is 11.6. The third-order valence-corrected chi connectivity index (χ3v) is 5.81. The number of hydrogen-bond acceptors (Lipinski definition) is 7. The number of rotatable bonds is 9. The summed E-state index contributed by atoms with van der Waals surface area (Å²) in [5.41, 5.74) is 5.44. The Bertz CT molecular complexity index is 1440. The lowest BCUT2D eigenvalue weighted by atomic mass is 9.91. The number of primary amides is 1. The molecule has 4 rings (SSSR count). The largest absolute Gasteiger partial charge is 0.573 e. The van der Waals surface area contributed by atoms with Crippen LogP contribution in [0.5, 0.6) is 28.7 Å². The molecule has 0 aliphatic heterocycles. The van der Waals surface area contributed by atoms with Crippen LogP contribution in [-0.2, 0) is 0 Å². The number of amides is 2. The first kappa shape index (κ1) is 28.4. The van der Waals surface area contributed by atoms with Crippen LogP contribution in [0.4, 0.5) is 27.6 Å². The van der Waals surface area contributed by atoms with E-state index in [-0.39, 0.29) is 45.5 Å². The molecule has 1 aliphatic carbocycles. The summed E-state index contributed by atoms with van der Waals surface area (Å²) in [5, 5.41) is 2.59. The highest BCUT2D eigenvalue weighted by Gasteiger charge is 2.47. The molecule has 1 fully saturated rings. The number of pyridine rings is 1. The average Bonchev–Trinajstić information content (AvgIpc) is 2.84. The van der Waals surface area contributed by atoms with Crippen LogP contribution in [-0.4, -0.2) is 42.3 Å². The molecule has 1 aliphatic rings. The van der Waals surface area contributed by atoms with E-state index in [0.29, 0.717) is 0 Å². The van der Waals surface area contributed by atoms with Crippen LogP contribution in [0.15, 0.2) is 48.7 Å². The molecule has 0 spiro atoms. The summed E-state index contributed by atoms with van der Waals surface area (Å²) >= 11 is 0. The number of carbonyl (C=O) groups excluding carboxylic acids is 2. The van der Waals surface area contributed by atoms with Gasteiger partial charge in [0, 0.05) is 36.4 Å². The highest BCUT2D eigenvalue weighted by molar-refractivity contribution is 6.08. The van der Waals surface area contributed by atoms with Gasteiger partial charge in [0.25, 0.3) is 17.7 Å². The second-order valence-corrected chi connectivity index (χ2v) is 8.78. The summed E-state index contributed by atoms with van der Waals surface area (Å²) in [5.74, 6) is -5.07. The van der Waals surface area contributed by atoms with E-state index in [1.165, 1.54) is 44.5 Å². The first-order chi connectivity index (χ1) is 18.7. The van der Waals surface area contributed by atoms with Crippen molar-refractivity contribution in [1.29, 1.82) is 0 Å². The lowest BCUT2D eigenvalue weighted by Gasteiger charge is -2.35. The Morgan fingerprint density at radius 2 is 1.70 bits per heavy atom. The van der Waals surface area contributed by atoms with E-state index >= 15 is 0 Å². The maximum Gasteiger partial charge on any atom is 0.573 e. The molecule has 1 saturated carbocycles. The van der Waals surface area contributed by atoms with Gasteiger partial charge in [-0.1, -0.05) is 0 Å².